The number of thioether (sulfide) groups is 1. The Balaban J connectivity index is 1.98. The number of amides is 1. The molecule has 0 fully saturated rings. The molecule has 8 heteroatoms. The van der Waals surface area contributed by atoms with Crippen LogP contribution in [0.4, 0.5) is 0 Å². The van der Waals surface area contributed by atoms with Crippen molar-refractivity contribution in [1.29, 1.82) is 0 Å². The Morgan fingerprint density at radius 1 is 1.22 bits per heavy atom. The molecule has 0 spiro atoms. The molecule has 0 aliphatic rings. The van der Waals surface area contributed by atoms with Crippen molar-refractivity contribution in [3.63, 3.8) is 0 Å². The van der Waals surface area contributed by atoms with E-state index in [2.05, 4.69) is 15.5 Å². The fraction of sp³-hybridized carbons (Fsp3) is 0.375. The summed E-state index contributed by atoms with van der Waals surface area (Å²) in [6.07, 6.45) is 0. The van der Waals surface area contributed by atoms with E-state index in [1.807, 2.05) is 81.7 Å². The Hall–Kier alpha value is -2.51. The summed E-state index contributed by atoms with van der Waals surface area (Å²) in [6, 6.07) is 13.3. The number of methoxy groups -OCH3 is 1. The number of carbonyl (C=O) groups excluding carboxylic acids is 1. The van der Waals surface area contributed by atoms with Gasteiger partial charge in [-0.25, -0.2) is 0 Å². The molecule has 1 amide bonds. The quantitative estimate of drug-likeness (QED) is 0.443. The molecule has 1 aromatic heterocycles. The van der Waals surface area contributed by atoms with E-state index >= 15 is 0 Å². The molecule has 170 valence electrons. The van der Waals surface area contributed by atoms with Crippen LogP contribution in [0, 0.1) is 12.3 Å². The Morgan fingerprint density at radius 3 is 2.66 bits per heavy atom. The van der Waals surface area contributed by atoms with Crippen LogP contribution in [-0.4, -0.2) is 27.8 Å². The van der Waals surface area contributed by atoms with Crippen LogP contribution in [0.1, 0.15) is 50.7 Å². The van der Waals surface area contributed by atoms with Crippen molar-refractivity contribution in [2.75, 3.05) is 7.11 Å². The zero-order chi connectivity index (χ0) is 23.5. The minimum Gasteiger partial charge on any atom is -0.497 e. The van der Waals surface area contributed by atoms with E-state index in [1.165, 1.54) is 0 Å². The minimum absolute atomic E-state index is 0.0482. The van der Waals surface area contributed by atoms with Crippen LogP contribution in [0.25, 0.3) is 5.69 Å². The Kier molecular flexibility index (Phi) is 7.51. The van der Waals surface area contributed by atoms with Gasteiger partial charge in [0.1, 0.15) is 5.75 Å². The Morgan fingerprint density at radius 2 is 1.97 bits per heavy atom. The van der Waals surface area contributed by atoms with Crippen molar-refractivity contribution < 1.29 is 9.53 Å². The number of aromatic nitrogens is 3. The second kappa shape index (κ2) is 9.96. The molecule has 32 heavy (non-hydrogen) atoms. The van der Waals surface area contributed by atoms with E-state index in [4.69, 9.17) is 16.3 Å². The molecule has 1 atom stereocenters. The SMILES string of the molecule is COc1cccc(CSc2nnc(C(C)NC(=O)C(C)(C)C)n2-c2cc(Cl)ccc2C)c1. The van der Waals surface area contributed by atoms with E-state index in [9.17, 15) is 4.79 Å². The third-order valence-corrected chi connectivity index (χ3v) is 6.22. The first kappa shape index (κ1) is 24.1. The highest BCUT2D eigenvalue weighted by Crippen LogP contribution is 2.31. The van der Waals surface area contributed by atoms with Gasteiger partial charge in [-0.3, -0.25) is 9.36 Å². The molecule has 1 unspecified atom stereocenters. The maximum Gasteiger partial charge on any atom is 0.225 e. The highest BCUT2D eigenvalue weighted by atomic mass is 35.5. The largest absolute Gasteiger partial charge is 0.497 e. The molecule has 0 saturated heterocycles. The van der Waals surface area contributed by atoms with Crippen LogP contribution < -0.4 is 10.1 Å². The lowest BCUT2D eigenvalue weighted by molar-refractivity contribution is -0.129. The summed E-state index contributed by atoms with van der Waals surface area (Å²) in [6.45, 7) is 9.59. The number of nitrogens with one attached hydrogen (secondary N) is 1. The molecule has 0 bridgehead atoms. The van der Waals surface area contributed by atoms with Crippen LogP contribution >= 0.6 is 23.4 Å². The second-order valence-corrected chi connectivity index (χ2v) is 10.1. The first-order valence-electron chi connectivity index (χ1n) is 10.4. The molecule has 6 nitrogen and oxygen atoms in total. The summed E-state index contributed by atoms with van der Waals surface area (Å²) in [5, 5.41) is 13.3. The third kappa shape index (κ3) is 5.64. The van der Waals surface area contributed by atoms with Gasteiger partial charge in [-0.2, -0.15) is 0 Å². The first-order valence-corrected chi connectivity index (χ1v) is 11.7. The van der Waals surface area contributed by atoms with Crippen molar-refractivity contribution in [2.24, 2.45) is 5.41 Å². The molecule has 3 rings (SSSR count). The normalized spacial score (nSPS) is 12.5. The van der Waals surface area contributed by atoms with Crippen LogP contribution in [-0.2, 0) is 10.5 Å². The number of ether oxygens (including phenoxy) is 1. The van der Waals surface area contributed by atoms with Gasteiger partial charge in [0.2, 0.25) is 5.91 Å². The summed E-state index contributed by atoms with van der Waals surface area (Å²) in [7, 11) is 1.66. The van der Waals surface area contributed by atoms with Gasteiger partial charge in [0.25, 0.3) is 0 Å². The molecule has 0 saturated carbocycles. The zero-order valence-electron chi connectivity index (χ0n) is 19.3. The molecule has 1 N–H and O–H groups in total. The number of rotatable bonds is 7. The molecule has 0 radical (unpaired) electrons. The number of hydrogen-bond donors (Lipinski definition) is 1. The summed E-state index contributed by atoms with van der Waals surface area (Å²) < 4.78 is 7.32. The average Bonchev–Trinajstić information content (AvgIpc) is 3.17. The number of carbonyl (C=O) groups is 1. The maximum absolute atomic E-state index is 12.6. The lowest BCUT2D eigenvalue weighted by Crippen LogP contribution is -2.37. The zero-order valence-corrected chi connectivity index (χ0v) is 20.8. The highest BCUT2D eigenvalue weighted by molar-refractivity contribution is 7.98. The number of hydrogen-bond acceptors (Lipinski definition) is 5. The van der Waals surface area contributed by atoms with E-state index in [0.29, 0.717) is 16.6 Å². The van der Waals surface area contributed by atoms with Crippen molar-refractivity contribution in [2.45, 2.75) is 51.6 Å². The second-order valence-electron chi connectivity index (χ2n) is 8.69. The van der Waals surface area contributed by atoms with Gasteiger partial charge in [0, 0.05) is 16.2 Å². The Labute approximate surface area is 198 Å². The number of aryl methyl sites for hydroxylation is 1. The standard InChI is InChI=1S/C24H29ClN4O2S/c1-15-10-11-18(25)13-20(15)29-21(16(2)26-22(30)24(3,4)5)27-28-23(29)32-14-17-8-7-9-19(12-17)31-6/h7-13,16H,14H2,1-6H3,(H,26,30). The maximum atomic E-state index is 12.6. The molecule has 0 aliphatic carbocycles. The lowest BCUT2D eigenvalue weighted by atomic mass is 9.95. The monoisotopic (exact) mass is 472 g/mol. The van der Waals surface area contributed by atoms with Crippen molar-refractivity contribution in [1.82, 2.24) is 20.1 Å². The number of halogens is 1. The van der Waals surface area contributed by atoms with Crippen LogP contribution in [0.2, 0.25) is 5.02 Å². The fourth-order valence-corrected chi connectivity index (χ4v) is 4.15. The van der Waals surface area contributed by atoms with Gasteiger partial charge in [-0.1, -0.05) is 62.3 Å². The minimum atomic E-state index is -0.505. The summed E-state index contributed by atoms with van der Waals surface area (Å²) in [5.74, 6) is 2.11. The van der Waals surface area contributed by atoms with Crippen molar-refractivity contribution >= 4 is 29.3 Å². The van der Waals surface area contributed by atoms with Crippen molar-refractivity contribution in [3.05, 3.63) is 64.4 Å². The van der Waals surface area contributed by atoms with Gasteiger partial charge in [-0.15, -0.1) is 10.2 Å². The number of nitrogens with zero attached hydrogens (tertiary/aromatic N) is 3. The predicted molar refractivity (Wildman–Crippen MR) is 130 cm³/mol. The molecular formula is C24H29ClN4O2S. The van der Waals surface area contributed by atoms with Crippen LogP contribution in [0.5, 0.6) is 5.75 Å². The topological polar surface area (TPSA) is 69.0 Å². The molecule has 1 heterocycles. The smallest absolute Gasteiger partial charge is 0.225 e. The molecule has 3 aromatic rings. The number of benzene rings is 2. The highest BCUT2D eigenvalue weighted by Gasteiger charge is 2.27. The third-order valence-electron chi connectivity index (χ3n) is 4.99. The Bertz CT molecular complexity index is 1110. The van der Waals surface area contributed by atoms with E-state index in [0.717, 1.165) is 27.7 Å². The summed E-state index contributed by atoms with van der Waals surface area (Å²) >= 11 is 7.89. The molecule has 2 aromatic carbocycles. The first-order chi connectivity index (χ1) is 15.1. The lowest BCUT2D eigenvalue weighted by Gasteiger charge is -2.22. The van der Waals surface area contributed by atoms with Gasteiger partial charge in [0.15, 0.2) is 11.0 Å². The predicted octanol–water partition coefficient (Wildman–Crippen LogP) is 5.75. The fourth-order valence-electron chi connectivity index (χ4n) is 3.09. The van der Waals surface area contributed by atoms with E-state index < -0.39 is 5.41 Å². The van der Waals surface area contributed by atoms with Gasteiger partial charge >= 0.3 is 0 Å². The summed E-state index contributed by atoms with van der Waals surface area (Å²) in [4.78, 5) is 12.6. The van der Waals surface area contributed by atoms with Crippen LogP contribution in [0.15, 0.2) is 47.6 Å². The molecule has 0 aliphatic heterocycles. The molecular weight excluding hydrogens is 444 g/mol. The van der Waals surface area contributed by atoms with E-state index in [-0.39, 0.29) is 11.9 Å². The van der Waals surface area contributed by atoms with Crippen molar-refractivity contribution in [3.8, 4) is 11.4 Å². The van der Waals surface area contributed by atoms with Gasteiger partial charge in [0.05, 0.1) is 18.8 Å². The van der Waals surface area contributed by atoms with Gasteiger partial charge in [-0.05, 0) is 49.2 Å². The summed E-state index contributed by atoms with van der Waals surface area (Å²) in [5.41, 5.74) is 2.53. The average molecular weight is 473 g/mol. The van der Waals surface area contributed by atoms with Gasteiger partial charge < -0.3 is 10.1 Å². The van der Waals surface area contributed by atoms with E-state index in [1.54, 1.807) is 18.9 Å². The van der Waals surface area contributed by atoms with Crippen LogP contribution in [0.3, 0.4) is 0 Å².